The molecule has 1 atom stereocenters. The van der Waals surface area contributed by atoms with Crippen LogP contribution in [-0.2, 0) is 6.42 Å². The van der Waals surface area contributed by atoms with E-state index in [0.29, 0.717) is 12.3 Å². The Labute approximate surface area is 95.6 Å². The van der Waals surface area contributed by atoms with Crippen LogP contribution in [0.15, 0.2) is 18.2 Å². The van der Waals surface area contributed by atoms with Gasteiger partial charge in [0.15, 0.2) is 0 Å². The van der Waals surface area contributed by atoms with Gasteiger partial charge in [-0.1, -0.05) is 26.0 Å². The summed E-state index contributed by atoms with van der Waals surface area (Å²) in [4.78, 5) is 10.4. The average molecular weight is 222 g/mol. The zero-order valence-electron chi connectivity index (χ0n) is 9.93. The molecule has 1 rings (SSSR count). The lowest BCUT2D eigenvalue weighted by molar-refractivity contribution is -0.385. The zero-order chi connectivity index (χ0) is 12.3. The molecular formula is C12H18N2O2. The van der Waals surface area contributed by atoms with E-state index >= 15 is 0 Å². The van der Waals surface area contributed by atoms with Crippen LogP contribution < -0.4 is 5.73 Å². The van der Waals surface area contributed by atoms with Gasteiger partial charge in [-0.25, -0.2) is 0 Å². The van der Waals surface area contributed by atoms with Crippen molar-refractivity contribution in [1.82, 2.24) is 0 Å². The highest BCUT2D eigenvalue weighted by molar-refractivity contribution is 5.44. The lowest BCUT2D eigenvalue weighted by Crippen LogP contribution is -2.29. The van der Waals surface area contributed by atoms with Gasteiger partial charge in [-0.2, -0.15) is 0 Å². The number of nitrogens with two attached hydrogens (primary N) is 1. The Balaban J connectivity index is 2.98. The summed E-state index contributed by atoms with van der Waals surface area (Å²) >= 11 is 0. The molecule has 0 aliphatic heterocycles. The maximum atomic E-state index is 10.8. The third-order valence-corrected chi connectivity index (χ3v) is 2.93. The van der Waals surface area contributed by atoms with E-state index in [1.165, 1.54) is 6.07 Å². The van der Waals surface area contributed by atoms with Crippen LogP contribution >= 0.6 is 0 Å². The predicted molar refractivity (Wildman–Crippen MR) is 64.4 cm³/mol. The second kappa shape index (κ2) is 5.07. The molecule has 0 saturated heterocycles. The van der Waals surface area contributed by atoms with Crippen LogP contribution in [0.25, 0.3) is 0 Å². The molecule has 2 N–H and O–H groups in total. The number of nitro benzene ring substituents is 1. The molecular weight excluding hydrogens is 204 g/mol. The first-order valence-corrected chi connectivity index (χ1v) is 5.42. The van der Waals surface area contributed by atoms with Crippen molar-refractivity contribution in [2.45, 2.75) is 33.2 Å². The van der Waals surface area contributed by atoms with Crippen molar-refractivity contribution < 1.29 is 4.92 Å². The first-order valence-electron chi connectivity index (χ1n) is 5.42. The molecule has 0 saturated carbocycles. The molecule has 4 heteroatoms. The summed E-state index contributed by atoms with van der Waals surface area (Å²) in [6, 6.07) is 5.19. The number of hydrogen-bond acceptors (Lipinski definition) is 3. The lowest BCUT2D eigenvalue weighted by atomic mass is 9.94. The third kappa shape index (κ3) is 2.79. The summed E-state index contributed by atoms with van der Waals surface area (Å²) in [7, 11) is 0. The van der Waals surface area contributed by atoms with Gasteiger partial charge in [0.2, 0.25) is 0 Å². The Bertz CT molecular complexity index is 389. The van der Waals surface area contributed by atoms with Gasteiger partial charge >= 0.3 is 0 Å². The van der Waals surface area contributed by atoms with Gasteiger partial charge in [0, 0.05) is 17.7 Å². The fraction of sp³-hybridized carbons (Fsp3) is 0.500. The van der Waals surface area contributed by atoms with Gasteiger partial charge in [-0.15, -0.1) is 0 Å². The second-order valence-corrected chi connectivity index (χ2v) is 4.43. The Morgan fingerprint density at radius 2 is 2.06 bits per heavy atom. The van der Waals surface area contributed by atoms with Crippen molar-refractivity contribution >= 4 is 5.69 Å². The monoisotopic (exact) mass is 222 g/mol. The molecule has 0 fully saturated rings. The smallest absolute Gasteiger partial charge is 0.272 e. The summed E-state index contributed by atoms with van der Waals surface area (Å²) in [5, 5.41) is 10.8. The minimum Gasteiger partial charge on any atom is -0.327 e. The van der Waals surface area contributed by atoms with E-state index in [2.05, 4.69) is 13.8 Å². The Kier molecular flexibility index (Phi) is 4.01. The van der Waals surface area contributed by atoms with Crippen molar-refractivity contribution in [3.05, 3.63) is 39.4 Å². The number of benzene rings is 1. The summed E-state index contributed by atoms with van der Waals surface area (Å²) < 4.78 is 0. The van der Waals surface area contributed by atoms with Gasteiger partial charge in [0.1, 0.15) is 0 Å². The molecule has 0 bridgehead atoms. The van der Waals surface area contributed by atoms with Crippen LogP contribution in [-0.4, -0.2) is 11.0 Å². The van der Waals surface area contributed by atoms with E-state index in [0.717, 1.165) is 11.1 Å². The fourth-order valence-corrected chi connectivity index (χ4v) is 1.58. The van der Waals surface area contributed by atoms with Crippen molar-refractivity contribution in [1.29, 1.82) is 0 Å². The Hall–Kier alpha value is -1.42. The predicted octanol–water partition coefficient (Wildman–Crippen LogP) is 2.43. The number of nitro groups is 1. The van der Waals surface area contributed by atoms with E-state index < -0.39 is 0 Å². The molecule has 1 unspecified atom stereocenters. The standard InChI is InChI=1S/C12H18N2O2/c1-8(2)11(13)7-10-5-4-6-12(9(10)3)14(15)16/h4-6,8,11H,7,13H2,1-3H3. The molecule has 88 valence electrons. The van der Waals surface area contributed by atoms with Gasteiger partial charge in [0.05, 0.1) is 4.92 Å². The molecule has 0 radical (unpaired) electrons. The average Bonchev–Trinajstić information content (AvgIpc) is 2.20. The first-order chi connectivity index (χ1) is 7.43. The van der Waals surface area contributed by atoms with Crippen LogP contribution in [0.1, 0.15) is 25.0 Å². The van der Waals surface area contributed by atoms with Crippen LogP contribution in [0.3, 0.4) is 0 Å². The SMILES string of the molecule is Cc1c(CC(N)C(C)C)cccc1[N+](=O)[O-]. The van der Waals surface area contributed by atoms with Crippen LogP contribution in [0, 0.1) is 23.0 Å². The van der Waals surface area contributed by atoms with E-state index in [9.17, 15) is 10.1 Å². The first kappa shape index (κ1) is 12.6. The number of rotatable bonds is 4. The molecule has 0 aliphatic rings. The Morgan fingerprint density at radius 3 is 2.56 bits per heavy atom. The van der Waals surface area contributed by atoms with Gasteiger partial charge in [0.25, 0.3) is 5.69 Å². The summed E-state index contributed by atoms with van der Waals surface area (Å²) in [6.07, 6.45) is 0.686. The molecule has 0 spiro atoms. The van der Waals surface area contributed by atoms with Crippen molar-refractivity contribution in [3.63, 3.8) is 0 Å². The normalized spacial score (nSPS) is 12.8. The molecule has 0 aromatic heterocycles. The van der Waals surface area contributed by atoms with E-state index in [4.69, 9.17) is 5.73 Å². The molecule has 1 aromatic carbocycles. The summed E-state index contributed by atoms with van der Waals surface area (Å²) in [5.41, 5.74) is 7.84. The molecule has 0 amide bonds. The third-order valence-electron chi connectivity index (χ3n) is 2.93. The van der Waals surface area contributed by atoms with Gasteiger partial charge < -0.3 is 5.73 Å². The largest absolute Gasteiger partial charge is 0.327 e. The van der Waals surface area contributed by atoms with Crippen LogP contribution in [0.2, 0.25) is 0 Å². The van der Waals surface area contributed by atoms with Crippen molar-refractivity contribution in [2.24, 2.45) is 11.7 Å². The van der Waals surface area contributed by atoms with Crippen molar-refractivity contribution in [2.75, 3.05) is 0 Å². The molecule has 0 aliphatic carbocycles. The maximum absolute atomic E-state index is 10.8. The molecule has 4 nitrogen and oxygen atoms in total. The minimum atomic E-state index is -0.347. The number of nitrogens with zero attached hydrogens (tertiary/aromatic N) is 1. The van der Waals surface area contributed by atoms with Gasteiger partial charge in [-0.3, -0.25) is 10.1 Å². The maximum Gasteiger partial charge on any atom is 0.272 e. The molecule has 1 aromatic rings. The van der Waals surface area contributed by atoms with Crippen LogP contribution in [0.4, 0.5) is 5.69 Å². The summed E-state index contributed by atoms with van der Waals surface area (Å²) in [5.74, 6) is 0.374. The van der Waals surface area contributed by atoms with Crippen molar-refractivity contribution in [3.8, 4) is 0 Å². The van der Waals surface area contributed by atoms with E-state index in [1.54, 1.807) is 13.0 Å². The fourth-order valence-electron chi connectivity index (χ4n) is 1.58. The summed E-state index contributed by atoms with van der Waals surface area (Å²) in [6.45, 7) is 5.88. The van der Waals surface area contributed by atoms with Crippen LogP contribution in [0.5, 0.6) is 0 Å². The lowest BCUT2D eigenvalue weighted by Gasteiger charge is -2.16. The quantitative estimate of drug-likeness (QED) is 0.628. The van der Waals surface area contributed by atoms with E-state index in [-0.39, 0.29) is 16.7 Å². The van der Waals surface area contributed by atoms with E-state index in [1.807, 2.05) is 6.07 Å². The highest BCUT2D eigenvalue weighted by Gasteiger charge is 2.16. The molecule has 16 heavy (non-hydrogen) atoms. The minimum absolute atomic E-state index is 0.0423. The molecule has 0 heterocycles. The highest BCUT2D eigenvalue weighted by Crippen LogP contribution is 2.22. The Morgan fingerprint density at radius 1 is 1.44 bits per heavy atom. The topological polar surface area (TPSA) is 69.2 Å². The zero-order valence-corrected chi connectivity index (χ0v) is 9.93. The van der Waals surface area contributed by atoms with Gasteiger partial charge in [-0.05, 0) is 24.8 Å². The highest BCUT2D eigenvalue weighted by atomic mass is 16.6. The second-order valence-electron chi connectivity index (χ2n) is 4.43. The number of hydrogen-bond donors (Lipinski definition) is 1.